The zero-order valence-corrected chi connectivity index (χ0v) is 17.1. The highest BCUT2D eigenvalue weighted by Crippen LogP contribution is 2.28. The number of aromatic nitrogens is 2. The summed E-state index contributed by atoms with van der Waals surface area (Å²) in [4.78, 5) is 35.6. The Morgan fingerprint density at radius 3 is 2.87 bits per heavy atom. The second kappa shape index (κ2) is 8.61. The van der Waals surface area contributed by atoms with E-state index in [2.05, 4.69) is 31.9 Å². The zero-order chi connectivity index (χ0) is 21.1. The zero-order valence-electron chi connectivity index (χ0n) is 17.1. The van der Waals surface area contributed by atoms with Crippen LogP contribution in [0.2, 0.25) is 0 Å². The molecule has 0 bridgehead atoms. The van der Waals surface area contributed by atoms with Gasteiger partial charge in [-0.3, -0.25) is 9.59 Å². The van der Waals surface area contributed by atoms with Gasteiger partial charge >= 0.3 is 0 Å². The number of allylic oxidation sites excluding steroid dienone is 3. The molecule has 1 N–H and O–H groups in total. The van der Waals surface area contributed by atoms with Gasteiger partial charge in [0.1, 0.15) is 5.82 Å². The smallest absolute Gasteiger partial charge is 0.246 e. The maximum Gasteiger partial charge on any atom is 0.246 e. The number of carbonyl (C=O) groups is 2. The van der Waals surface area contributed by atoms with Crippen molar-refractivity contribution in [2.24, 2.45) is 11.0 Å². The molecule has 3 aliphatic heterocycles. The molecule has 0 spiro atoms. The van der Waals surface area contributed by atoms with Crippen LogP contribution in [0.1, 0.15) is 31.7 Å². The molecule has 4 heterocycles. The van der Waals surface area contributed by atoms with Crippen molar-refractivity contribution in [1.82, 2.24) is 15.0 Å². The number of anilines is 2. The maximum atomic E-state index is 13.1. The van der Waals surface area contributed by atoms with Crippen molar-refractivity contribution in [2.75, 3.05) is 23.3 Å². The number of hydrogen-bond acceptors (Lipinski definition) is 6. The van der Waals surface area contributed by atoms with E-state index in [1.165, 1.54) is 0 Å². The Kier molecular flexibility index (Phi) is 5.74. The van der Waals surface area contributed by atoms with Gasteiger partial charge in [-0.1, -0.05) is 30.9 Å². The fourth-order valence-electron chi connectivity index (χ4n) is 3.99. The molecular formula is C22H26N6O2. The fourth-order valence-corrected chi connectivity index (χ4v) is 3.99. The van der Waals surface area contributed by atoms with Crippen molar-refractivity contribution < 1.29 is 9.59 Å². The quantitative estimate of drug-likeness (QED) is 0.759. The molecule has 1 fully saturated rings. The Morgan fingerprint density at radius 2 is 2.10 bits per heavy atom. The molecule has 0 unspecified atom stereocenters. The highest BCUT2D eigenvalue weighted by molar-refractivity contribution is 5.97. The predicted molar refractivity (Wildman–Crippen MR) is 116 cm³/mol. The molecule has 1 aromatic heterocycles. The van der Waals surface area contributed by atoms with Crippen molar-refractivity contribution in [1.29, 1.82) is 0 Å². The van der Waals surface area contributed by atoms with Gasteiger partial charge in [0.15, 0.2) is 0 Å². The van der Waals surface area contributed by atoms with Crippen LogP contribution in [0.3, 0.4) is 0 Å². The molecule has 3 aliphatic rings. The lowest BCUT2D eigenvalue weighted by Gasteiger charge is -2.33. The van der Waals surface area contributed by atoms with Gasteiger partial charge < -0.3 is 10.2 Å². The van der Waals surface area contributed by atoms with E-state index in [4.69, 9.17) is 0 Å². The minimum absolute atomic E-state index is 0.0520. The molecule has 0 radical (unpaired) electrons. The number of carbonyl (C=O) groups excluding carboxylic acids is 2. The Hall–Kier alpha value is -3.29. The first-order valence-corrected chi connectivity index (χ1v) is 10.3. The summed E-state index contributed by atoms with van der Waals surface area (Å²) >= 11 is 0. The number of amides is 2. The van der Waals surface area contributed by atoms with E-state index >= 15 is 0 Å². The summed E-state index contributed by atoms with van der Waals surface area (Å²) in [6.45, 7) is 7.45. The monoisotopic (exact) mass is 406 g/mol. The van der Waals surface area contributed by atoms with E-state index < -0.39 is 0 Å². The average molecular weight is 406 g/mol. The number of fused-ring (bicyclic) bond motifs is 1. The first-order chi connectivity index (χ1) is 14.6. The number of hydrazone groups is 1. The highest BCUT2D eigenvalue weighted by Gasteiger charge is 2.35. The number of piperidine rings is 1. The van der Waals surface area contributed by atoms with Crippen LogP contribution in [0.15, 0.2) is 47.8 Å². The second-order valence-corrected chi connectivity index (χ2v) is 7.72. The predicted octanol–water partition coefficient (Wildman–Crippen LogP) is 2.46. The van der Waals surface area contributed by atoms with Gasteiger partial charge in [0.05, 0.1) is 12.5 Å². The molecule has 1 saturated heterocycles. The van der Waals surface area contributed by atoms with E-state index in [0.717, 1.165) is 11.1 Å². The molecule has 156 valence electrons. The third-order valence-electron chi connectivity index (χ3n) is 5.69. The Morgan fingerprint density at radius 1 is 1.30 bits per heavy atom. The van der Waals surface area contributed by atoms with Gasteiger partial charge in [0.25, 0.3) is 0 Å². The average Bonchev–Trinajstić information content (AvgIpc) is 3.38. The Labute approximate surface area is 176 Å². The van der Waals surface area contributed by atoms with E-state index in [1.54, 1.807) is 17.4 Å². The molecule has 2 amide bonds. The van der Waals surface area contributed by atoms with E-state index in [0.29, 0.717) is 50.5 Å². The molecule has 1 atom stereocenters. The van der Waals surface area contributed by atoms with Gasteiger partial charge in [-0.25, -0.2) is 9.99 Å². The van der Waals surface area contributed by atoms with Crippen LogP contribution in [0.4, 0.5) is 11.8 Å². The van der Waals surface area contributed by atoms with E-state index in [-0.39, 0.29) is 23.8 Å². The topological polar surface area (TPSA) is 90.8 Å². The Bertz CT molecular complexity index is 943. The number of nitrogens with one attached hydrogen (secondary N) is 1. The lowest BCUT2D eigenvalue weighted by Crippen LogP contribution is -2.43. The highest BCUT2D eigenvalue weighted by atomic mass is 16.2. The molecule has 1 aromatic rings. The van der Waals surface area contributed by atoms with Crippen LogP contribution in [0.25, 0.3) is 0 Å². The van der Waals surface area contributed by atoms with Gasteiger partial charge in [-0.05, 0) is 25.3 Å². The summed E-state index contributed by atoms with van der Waals surface area (Å²) in [5.74, 6) is 1.11. The number of rotatable bonds is 5. The minimum Gasteiger partial charge on any atom is -0.341 e. The first kappa shape index (κ1) is 20.0. The normalized spacial score (nSPS) is 21.6. The van der Waals surface area contributed by atoms with Crippen molar-refractivity contribution in [3.8, 4) is 0 Å². The van der Waals surface area contributed by atoms with Crippen LogP contribution >= 0.6 is 0 Å². The lowest BCUT2D eigenvalue weighted by molar-refractivity contribution is -0.137. The second-order valence-electron chi connectivity index (χ2n) is 7.72. The van der Waals surface area contributed by atoms with Gasteiger partial charge in [0.2, 0.25) is 17.8 Å². The van der Waals surface area contributed by atoms with Crippen molar-refractivity contribution in [2.45, 2.75) is 38.6 Å². The van der Waals surface area contributed by atoms with E-state index in [1.807, 2.05) is 31.2 Å². The molecular weight excluding hydrogens is 380 g/mol. The van der Waals surface area contributed by atoms with Crippen molar-refractivity contribution >= 4 is 29.8 Å². The molecule has 0 aromatic carbocycles. The molecule has 4 rings (SSSR count). The summed E-state index contributed by atoms with van der Waals surface area (Å²) in [5, 5.41) is 8.70. The molecule has 8 nitrogen and oxygen atoms in total. The summed E-state index contributed by atoms with van der Waals surface area (Å²) in [6.07, 6.45) is 13.7. The van der Waals surface area contributed by atoms with E-state index in [9.17, 15) is 9.59 Å². The fraction of sp³-hybridized carbons (Fsp3) is 0.409. The van der Waals surface area contributed by atoms with Crippen LogP contribution in [-0.4, -0.2) is 52.1 Å². The Balaban J connectivity index is 1.36. The van der Waals surface area contributed by atoms with Crippen molar-refractivity contribution in [3.05, 3.63) is 48.2 Å². The molecule has 0 aliphatic carbocycles. The standard InChI is InChI=1S/C22H26N6O2/c1-3-4-5-6-15(2)18-7-10-24-28(18)21(30)16-8-11-27(12-9-16)22-23-14-17-13-19(29)25-20(17)26-22/h3-6,10,14,16,18H,2,7-9,11-13H2,1H3,(H,23,25,26,29)/b4-3-,6-5-/t18-/m0/s1. The van der Waals surface area contributed by atoms with Crippen LogP contribution < -0.4 is 10.2 Å². The molecule has 8 heteroatoms. The van der Waals surface area contributed by atoms with Crippen molar-refractivity contribution in [3.63, 3.8) is 0 Å². The minimum atomic E-state index is -0.110. The van der Waals surface area contributed by atoms with Gasteiger partial charge in [-0.2, -0.15) is 10.1 Å². The number of hydrogen-bond donors (Lipinski definition) is 1. The SMILES string of the molecule is C=C(/C=C\C=C/C)[C@@H]1CC=NN1C(=O)C1CCN(c2ncc3c(n2)NC(=O)C3)CC1. The van der Waals surface area contributed by atoms with Crippen LogP contribution in [0, 0.1) is 5.92 Å². The largest absolute Gasteiger partial charge is 0.341 e. The third kappa shape index (κ3) is 4.03. The lowest BCUT2D eigenvalue weighted by atomic mass is 9.94. The number of nitrogens with zero attached hydrogens (tertiary/aromatic N) is 5. The van der Waals surface area contributed by atoms with Crippen LogP contribution in [-0.2, 0) is 16.0 Å². The third-order valence-corrected chi connectivity index (χ3v) is 5.69. The molecule has 30 heavy (non-hydrogen) atoms. The summed E-state index contributed by atoms with van der Waals surface area (Å²) in [6, 6.07) is -0.110. The summed E-state index contributed by atoms with van der Waals surface area (Å²) in [7, 11) is 0. The van der Waals surface area contributed by atoms with Gasteiger partial charge in [-0.15, -0.1) is 0 Å². The molecule has 0 saturated carbocycles. The summed E-state index contributed by atoms with van der Waals surface area (Å²) < 4.78 is 0. The maximum absolute atomic E-state index is 13.1. The van der Waals surface area contributed by atoms with Crippen LogP contribution in [0.5, 0.6) is 0 Å². The first-order valence-electron chi connectivity index (χ1n) is 10.3. The van der Waals surface area contributed by atoms with Gasteiger partial charge in [0, 0.05) is 43.4 Å². The summed E-state index contributed by atoms with van der Waals surface area (Å²) in [5.41, 5.74) is 1.71.